The lowest BCUT2D eigenvalue weighted by molar-refractivity contribution is -0.137. The SMILES string of the molecule is COC1CSc2c(-c3ccc(F)cc3)c(C(F)(F)F)cc3c(=O)[nH]c(=O)n(c23)C1. The summed E-state index contributed by atoms with van der Waals surface area (Å²) in [6, 6.07) is 5.38. The zero-order valence-electron chi connectivity index (χ0n) is 15.0. The van der Waals surface area contributed by atoms with E-state index in [1.807, 2.05) is 0 Å². The molecule has 0 bridgehead atoms. The fourth-order valence-electron chi connectivity index (χ4n) is 3.44. The molecule has 1 N–H and O–H groups in total. The molecular weight excluding hydrogens is 412 g/mol. The van der Waals surface area contributed by atoms with Gasteiger partial charge in [-0.25, -0.2) is 9.18 Å². The molecule has 0 spiro atoms. The van der Waals surface area contributed by atoms with Gasteiger partial charge in [-0.15, -0.1) is 11.8 Å². The lowest BCUT2D eigenvalue weighted by Crippen LogP contribution is -2.34. The van der Waals surface area contributed by atoms with Crippen LogP contribution in [0, 0.1) is 5.82 Å². The third kappa shape index (κ3) is 3.36. The van der Waals surface area contributed by atoms with E-state index in [-0.39, 0.29) is 39.2 Å². The predicted molar refractivity (Wildman–Crippen MR) is 101 cm³/mol. The van der Waals surface area contributed by atoms with Gasteiger partial charge in [-0.1, -0.05) is 12.1 Å². The van der Waals surface area contributed by atoms with E-state index in [1.165, 1.54) is 23.8 Å². The van der Waals surface area contributed by atoms with Crippen molar-refractivity contribution in [2.75, 3.05) is 12.9 Å². The molecular formula is C19H14F4N2O3S. The zero-order valence-corrected chi connectivity index (χ0v) is 15.8. The minimum absolute atomic E-state index is 0.0802. The number of aromatic amines is 1. The van der Waals surface area contributed by atoms with Crippen molar-refractivity contribution in [1.82, 2.24) is 9.55 Å². The number of nitrogens with zero attached hydrogens (tertiary/aromatic N) is 1. The molecule has 2 heterocycles. The summed E-state index contributed by atoms with van der Waals surface area (Å²) in [4.78, 5) is 27.0. The lowest BCUT2D eigenvalue weighted by atomic mass is 9.96. The maximum absolute atomic E-state index is 13.9. The summed E-state index contributed by atoms with van der Waals surface area (Å²) in [6.45, 7) is 0.0802. The van der Waals surface area contributed by atoms with Crippen LogP contribution in [0.25, 0.3) is 22.0 Å². The minimum Gasteiger partial charge on any atom is -0.379 e. The minimum atomic E-state index is -4.77. The summed E-state index contributed by atoms with van der Waals surface area (Å²) in [5.41, 5.74) is -2.57. The Labute approximate surface area is 165 Å². The Morgan fingerprint density at radius 1 is 1.21 bits per heavy atom. The first-order chi connectivity index (χ1) is 13.7. The molecule has 0 saturated carbocycles. The molecule has 2 aromatic carbocycles. The van der Waals surface area contributed by atoms with Gasteiger partial charge in [0.15, 0.2) is 0 Å². The van der Waals surface area contributed by atoms with Crippen molar-refractivity contribution in [2.45, 2.75) is 23.7 Å². The average Bonchev–Trinajstić information content (AvgIpc) is 2.86. The van der Waals surface area contributed by atoms with E-state index in [9.17, 15) is 27.2 Å². The first-order valence-corrected chi connectivity index (χ1v) is 9.52. The molecule has 0 fully saturated rings. The van der Waals surface area contributed by atoms with Gasteiger partial charge >= 0.3 is 11.9 Å². The highest BCUT2D eigenvalue weighted by molar-refractivity contribution is 7.99. The van der Waals surface area contributed by atoms with Gasteiger partial charge in [-0.3, -0.25) is 14.3 Å². The molecule has 0 saturated heterocycles. The van der Waals surface area contributed by atoms with Crippen LogP contribution in [0.5, 0.6) is 0 Å². The van der Waals surface area contributed by atoms with Crippen LogP contribution in [0.4, 0.5) is 17.6 Å². The Morgan fingerprint density at radius 3 is 2.52 bits per heavy atom. The number of aromatic nitrogens is 2. The summed E-state index contributed by atoms with van der Waals surface area (Å²) in [5.74, 6) is -0.314. The Morgan fingerprint density at radius 2 is 1.90 bits per heavy atom. The number of alkyl halides is 3. The highest BCUT2D eigenvalue weighted by atomic mass is 32.2. The second-order valence-electron chi connectivity index (χ2n) is 6.57. The molecule has 10 heteroatoms. The third-order valence-electron chi connectivity index (χ3n) is 4.81. The Bertz CT molecular complexity index is 1220. The van der Waals surface area contributed by atoms with Crippen molar-refractivity contribution in [3.63, 3.8) is 0 Å². The third-order valence-corrected chi connectivity index (χ3v) is 6.03. The van der Waals surface area contributed by atoms with Gasteiger partial charge in [-0.05, 0) is 23.8 Å². The summed E-state index contributed by atoms with van der Waals surface area (Å²) in [7, 11) is 1.44. The maximum atomic E-state index is 13.9. The van der Waals surface area contributed by atoms with Gasteiger partial charge in [0.25, 0.3) is 5.56 Å². The summed E-state index contributed by atoms with van der Waals surface area (Å²) in [5, 5.41) is -0.234. The number of thioether (sulfide) groups is 1. The molecule has 29 heavy (non-hydrogen) atoms. The van der Waals surface area contributed by atoms with E-state index in [0.717, 1.165) is 30.0 Å². The molecule has 5 nitrogen and oxygen atoms in total. The van der Waals surface area contributed by atoms with Gasteiger partial charge in [0, 0.05) is 23.3 Å². The number of methoxy groups -OCH3 is 1. The first kappa shape index (κ1) is 19.7. The first-order valence-electron chi connectivity index (χ1n) is 8.53. The molecule has 0 amide bonds. The van der Waals surface area contributed by atoms with E-state index < -0.39 is 34.9 Å². The van der Waals surface area contributed by atoms with Crippen LogP contribution < -0.4 is 11.2 Å². The summed E-state index contributed by atoms with van der Waals surface area (Å²) in [6.07, 6.45) is -5.22. The Balaban J connectivity index is 2.19. The van der Waals surface area contributed by atoms with E-state index in [0.29, 0.717) is 0 Å². The normalized spacial score (nSPS) is 16.8. The van der Waals surface area contributed by atoms with Crippen molar-refractivity contribution in [1.29, 1.82) is 0 Å². The van der Waals surface area contributed by atoms with E-state index in [1.54, 1.807) is 0 Å². The second kappa shape index (κ2) is 7.03. The van der Waals surface area contributed by atoms with Crippen molar-refractivity contribution in [2.24, 2.45) is 0 Å². The molecule has 1 aliphatic rings. The number of hydrogen-bond acceptors (Lipinski definition) is 4. The largest absolute Gasteiger partial charge is 0.417 e. The van der Waals surface area contributed by atoms with Crippen LogP contribution in [-0.2, 0) is 17.5 Å². The topological polar surface area (TPSA) is 64.1 Å². The van der Waals surface area contributed by atoms with Crippen molar-refractivity contribution < 1.29 is 22.3 Å². The Kier molecular flexibility index (Phi) is 4.78. The van der Waals surface area contributed by atoms with Crippen LogP contribution in [0.1, 0.15) is 5.56 Å². The standard InChI is InChI=1S/C19H14F4N2O3S/c1-28-11-7-25-15-12(17(26)24-18(25)27)6-13(19(21,22)23)14(16(15)29-8-11)9-2-4-10(20)5-3-9/h2-6,11H,7-8H2,1H3,(H,24,26,27). The molecule has 152 valence electrons. The second-order valence-corrected chi connectivity index (χ2v) is 7.60. The summed E-state index contributed by atoms with van der Waals surface area (Å²) < 4.78 is 61.8. The highest BCUT2D eigenvalue weighted by Gasteiger charge is 2.37. The number of halogens is 4. The highest BCUT2D eigenvalue weighted by Crippen LogP contribution is 2.46. The van der Waals surface area contributed by atoms with Crippen LogP contribution in [-0.4, -0.2) is 28.5 Å². The van der Waals surface area contributed by atoms with Crippen molar-refractivity contribution in [3.05, 3.63) is 62.6 Å². The zero-order chi connectivity index (χ0) is 20.9. The molecule has 1 aromatic heterocycles. The number of hydrogen-bond donors (Lipinski definition) is 1. The van der Waals surface area contributed by atoms with Crippen molar-refractivity contribution >= 4 is 22.7 Å². The van der Waals surface area contributed by atoms with Crippen LogP contribution in [0.2, 0.25) is 0 Å². The predicted octanol–water partition coefficient (Wildman–Crippen LogP) is 3.64. The van der Waals surface area contributed by atoms with Crippen LogP contribution in [0.15, 0.2) is 44.8 Å². The molecule has 1 aliphatic heterocycles. The number of benzene rings is 2. The molecule has 0 radical (unpaired) electrons. The van der Waals surface area contributed by atoms with Gasteiger partial charge in [0.05, 0.1) is 29.1 Å². The quantitative estimate of drug-likeness (QED) is 0.636. The average molecular weight is 426 g/mol. The maximum Gasteiger partial charge on any atom is 0.417 e. The van der Waals surface area contributed by atoms with Gasteiger partial charge in [-0.2, -0.15) is 13.2 Å². The lowest BCUT2D eigenvalue weighted by Gasteiger charge is -2.19. The molecule has 4 rings (SSSR count). The van der Waals surface area contributed by atoms with E-state index in [4.69, 9.17) is 4.74 Å². The fourth-order valence-corrected chi connectivity index (χ4v) is 4.76. The number of nitrogens with one attached hydrogen (secondary N) is 1. The van der Waals surface area contributed by atoms with Crippen molar-refractivity contribution in [3.8, 4) is 11.1 Å². The van der Waals surface area contributed by atoms with Gasteiger partial charge < -0.3 is 4.74 Å². The molecule has 1 unspecified atom stereocenters. The van der Waals surface area contributed by atoms with E-state index >= 15 is 0 Å². The number of rotatable bonds is 2. The Hall–Kier alpha value is -2.59. The number of ether oxygens (including phenoxy) is 1. The summed E-state index contributed by atoms with van der Waals surface area (Å²) >= 11 is 1.08. The van der Waals surface area contributed by atoms with Gasteiger partial charge in [0.1, 0.15) is 5.82 Å². The fraction of sp³-hybridized carbons (Fsp3) is 0.263. The van der Waals surface area contributed by atoms with E-state index in [2.05, 4.69) is 4.98 Å². The molecule has 0 aliphatic carbocycles. The number of H-pyrrole nitrogens is 1. The van der Waals surface area contributed by atoms with Crippen LogP contribution >= 0.6 is 11.8 Å². The van der Waals surface area contributed by atoms with Gasteiger partial charge in [0.2, 0.25) is 0 Å². The monoisotopic (exact) mass is 426 g/mol. The smallest absolute Gasteiger partial charge is 0.379 e. The van der Waals surface area contributed by atoms with Crippen LogP contribution in [0.3, 0.4) is 0 Å². The molecule has 3 aromatic rings. The molecule has 1 atom stereocenters.